The van der Waals surface area contributed by atoms with Crippen molar-refractivity contribution in [3.63, 3.8) is 0 Å². The Hall–Kier alpha value is -2.37. The molecular formula is C17H21N3O3. The molecule has 1 amide bonds. The van der Waals surface area contributed by atoms with Gasteiger partial charge in [0.25, 0.3) is 0 Å². The summed E-state index contributed by atoms with van der Waals surface area (Å²) in [6, 6.07) is 5.89. The summed E-state index contributed by atoms with van der Waals surface area (Å²) in [6.45, 7) is 1.45. The Morgan fingerprint density at radius 1 is 1.39 bits per heavy atom. The summed E-state index contributed by atoms with van der Waals surface area (Å²) in [5.41, 5.74) is 1.91. The van der Waals surface area contributed by atoms with E-state index < -0.39 is 5.97 Å². The van der Waals surface area contributed by atoms with Gasteiger partial charge in [-0.15, -0.1) is 0 Å². The first-order valence-corrected chi connectivity index (χ1v) is 8.03. The zero-order valence-corrected chi connectivity index (χ0v) is 13.0. The Bertz CT molecular complexity index is 710. The van der Waals surface area contributed by atoms with E-state index in [-0.39, 0.29) is 12.3 Å². The molecule has 1 aliphatic heterocycles. The number of hydrogen-bond acceptors (Lipinski definition) is 3. The van der Waals surface area contributed by atoms with E-state index in [0.717, 1.165) is 35.9 Å². The number of rotatable bonds is 5. The van der Waals surface area contributed by atoms with Crippen LogP contribution < -0.4 is 0 Å². The van der Waals surface area contributed by atoms with Gasteiger partial charge < -0.3 is 10.0 Å². The summed E-state index contributed by atoms with van der Waals surface area (Å²) in [5.74, 6) is -0.343. The molecule has 0 bridgehead atoms. The average molecular weight is 315 g/mol. The summed E-state index contributed by atoms with van der Waals surface area (Å²) in [4.78, 5) is 25.1. The Labute approximate surface area is 134 Å². The molecule has 122 valence electrons. The van der Waals surface area contributed by atoms with Gasteiger partial charge in [0.15, 0.2) is 0 Å². The van der Waals surface area contributed by atoms with Crippen LogP contribution in [0.1, 0.15) is 31.2 Å². The lowest BCUT2D eigenvalue weighted by molar-refractivity contribution is -0.137. The van der Waals surface area contributed by atoms with Crippen LogP contribution in [0.4, 0.5) is 0 Å². The minimum Gasteiger partial charge on any atom is -0.481 e. The van der Waals surface area contributed by atoms with Crippen LogP contribution in [0.5, 0.6) is 0 Å². The average Bonchev–Trinajstić information content (AvgIpc) is 3.01. The molecule has 2 heterocycles. The fourth-order valence-corrected chi connectivity index (χ4v) is 3.24. The van der Waals surface area contributed by atoms with Gasteiger partial charge in [-0.05, 0) is 36.8 Å². The number of carboxylic acids is 1. The fraction of sp³-hybridized carbons (Fsp3) is 0.471. The number of nitrogens with zero attached hydrogens (tertiary/aromatic N) is 2. The number of carboxylic acid groups (broad SMARTS) is 1. The van der Waals surface area contributed by atoms with E-state index in [1.807, 2.05) is 23.1 Å². The largest absolute Gasteiger partial charge is 0.481 e. The van der Waals surface area contributed by atoms with Crippen molar-refractivity contribution in [2.75, 3.05) is 13.1 Å². The first-order chi connectivity index (χ1) is 11.1. The highest BCUT2D eigenvalue weighted by Crippen LogP contribution is 2.22. The van der Waals surface area contributed by atoms with E-state index in [0.29, 0.717) is 25.3 Å². The number of benzene rings is 1. The Balaban J connectivity index is 1.59. The minimum atomic E-state index is -0.763. The predicted octanol–water partition coefficient (Wildman–Crippen LogP) is 2.21. The minimum absolute atomic E-state index is 0.115. The molecule has 1 aromatic carbocycles. The molecule has 0 aliphatic carbocycles. The van der Waals surface area contributed by atoms with Crippen LogP contribution in [0.2, 0.25) is 0 Å². The van der Waals surface area contributed by atoms with E-state index >= 15 is 0 Å². The highest BCUT2D eigenvalue weighted by molar-refractivity contribution is 5.82. The summed E-state index contributed by atoms with van der Waals surface area (Å²) in [7, 11) is 0. The molecule has 1 aromatic heterocycles. The van der Waals surface area contributed by atoms with Gasteiger partial charge in [0.05, 0.1) is 18.1 Å². The molecule has 6 nitrogen and oxygen atoms in total. The van der Waals surface area contributed by atoms with Gasteiger partial charge in [-0.25, -0.2) is 0 Å². The maximum atomic E-state index is 12.5. The molecule has 2 N–H and O–H groups in total. The Morgan fingerprint density at radius 3 is 3.09 bits per heavy atom. The second-order valence-electron chi connectivity index (χ2n) is 6.25. The maximum absolute atomic E-state index is 12.5. The van der Waals surface area contributed by atoms with Crippen LogP contribution in [-0.4, -0.2) is 45.2 Å². The number of likely N-dealkylation sites (tertiary alicyclic amines) is 1. The molecule has 2 aromatic rings. The van der Waals surface area contributed by atoms with Crippen molar-refractivity contribution in [1.82, 2.24) is 15.1 Å². The molecule has 1 fully saturated rings. The summed E-state index contributed by atoms with van der Waals surface area (Å²) in [6.07, 6.45) is 4.94. The van der Waals surface area contributed by atoms with Crippen LogP contribution in [0, 0.1) is 5.92 Å². The van der Waals surface area contributed by atoms with Crippen molar-refractivity contribution in [3.05, 3.63) is 30.0 Å². The molecule has 1 atom stereocenters. The lowest BCUT2D eigenvalue weighted by Gasteiger charge is -2.32. The van der Waals surface area contributed by atoms with Crippen molar-refractivity contribution in [3.8, 4) is 0 Å². The standard InChI is InChI=1S/C17H21N3O3/c21-16(9-13-3-5-14-10-18-19-15(14)8-13)20-7-1-2-12(11-20)4-6-17(22)23/h3,5,8,10,12H,1-2,4,6-7,9,11H2,(H,18,19)(H,22,23). The molecule has 1 aliphatic rings. The van der Waals surface area contributed by atoms with Gasteiger partial charge in [-0.1, -0.05) is 12.1 Å². The van der Waals surface area contributed by atoms with E-state index in [9.17, 15) is 9.59 Å². The SMILES string of the molecule is O=C(O)CCC1CCCN(C(=O)Cc2ccc3cn[nH]c3c2)C1. The van der Waals surface area contributed by atoms with Gasteiger partial charge in [-0.3, -0.25) is 14.7 Å². The van der Waals surface area contributed by atoms with E-state index in [1.165, 1.54) is 0 Å². The highest BCUT2D eigenvalue weighted by atomic mass is 16.4. The van der Waals surface area contributed by atoms with Gasteiger partial charge >= 0.3 is 5.97 Å². The lowest BCUT2D eigenvalue weighted by Crippen LogP contribution is -2.40. The number of fused-ring (bicyclic) bond motifs is 1. The number of H-pyrrole nitrogens is 1. The van der Waals surface area contributed by atoms with E-state index in [2.05, 4.69) is 10.2 Å². The van der Waals surface area contributed by atoms with Crippen molar-refractivity contribution >= 4 is 22.8 Å². The number of aliphatic carboxylic acids is 1. The summed E-state index contributed by atoms with van der Waals surface area (Å²) in [5, 5.41) is 16.7. The third-order valence-electron chi connectivity index (χ3n) is 4.50. The van der Waals surface area contributed by atoms with Crippen molar-refractivity contribution < 1.29 is 14.7 Å². The van der Waals surface area contributed by atoms with Crippen LogP contribution in [-0.2, 0) is 16.0 Å². The number of hydrogen-bond donors (Lipinski definition) is 2. The fourth-order valence-electron chi connectivity index (χ4n) is 3.24. The molecular weight excluding hydrogens is 294 g/mol. The monoisotopic (exact) mass is 315 g/mol. The predicted molar refractivity (Wildman–Crippen MR) is 86.0 cm³/mol. The molecule has 0 spiro atoms. The number of carbonyl (C=O) groups is 2. The first-order valence-electron chi connectivity index (χ1n) is 8.03. The second kappa shape index (κ2) is 6.81. The van der Waals surface area contributed by atoms with Crippen molar-refractivity contribution in [2.24, 2.45) is 5.92 Å². The van der Waals surface area contributed by atoms with Crippen LogP contribution in [0.25, 0.3) is 10.9 Å². The van der Waals surface area contributed by atoms with Crippen molar-refractivity contribution in [2.45, 2.75) is 32.1 Å². The van der Waals surface area contributed by atoms with Crippen LogP contribution in [0.3, 0.4) is 0 Å². The number of carbonyl (C=O) groups excluding carboxylic acids is 1. The zero-order chi connectivity index (χ0) is 16.2. The number of amides is 1. The third-order valence-corrected chi connectivity index (χ3v) is 4.50. The number of aromatic nitrogens is 2. The quantitative estimate of drug-likeness (QED) is 0.885. The highest BCUT2D eigenvalue weighted by Gasteiger charge is 2.24. The molecule has 0 saturated carbocycles. The Morgan fingerprint density at radius 2 is 2.26 bits per heavy atom. The maximum Gasteiger partial charge on any atom is 0.303 e. The van der Waals surface area contributed by atoms with Gasteiger partial charge in [0.2, 0.25) is 5.91 Å². The Kier molecular flexibility index (Phi) is 4.60. The van der Waals surface area contributed by atoms with Gasteiger partial charge in [0, 0.05) is 24.9 Å². The molecule has 3 rings (SSSR count). The summed E-state index contributed by atoms with van der Waals surface area (Å²) < 4.78 is 0. The second-order valence-corrected chi connectivity index (χ2v) is 6.25. The molecule has 6 heteroatoms. The van der Waals surface area contributed by atoms with E-state index in [1.54, 1.807) is 6.20 Å². The van der Waals surface area contributed by atoms with Crippen LogP contribution >= 0.6 is 0 Å². The van der Waals surface area contributed by atoms with Gasteiger partial charge in [-0.2, -0.15) is 5.10 Å². The van der Waals surface area contributed by atoms with Crippen LogP contribution in [0.15, 0.2) is 24.4 Å². The van der Waals surface area contributed by atoms with Gasteiger partial charge in [0.1, 0.15) is 0 Å². The topological polar surface area (TPSA) is 86.3 Å². The lowest BCUT2D eigenvalue weighted by atomic mass is 9.93. The normalized spacial score (nSPS) is 18.3. The third kappa shape index (κ3) is 3.88. The first kappa shape index (κ1) is 15.5. The number of aromatic amines is 1. The number of nitrogens with one attached hydrogen (secondary N) is 1. The number of piperidine rings is 1. The molecule has 1 saturated heterocycles. The molecule has 0 radical (unpaired) electrons. The molecule has 1 unspecified atom stereocenters. The summed E-state index contributed by atoms with van der Waals surface area (Å²) >= 11 is 0. The smallest absolute Gasteiger partial charge is 0.303 e. The zero-order valence-electron chi connectivity index (χ0n) is 13.0. The van der Waals surface area contributed by atoms with E-state index in [4.69, 9.17) is 5.11 Å². The van der Waals surface area contributed by atoms with Crippen molar-refractivity contribution in [1.29, 1.82) is 0 Å². The molecule has 23 heavy (non-hydrogen) atoms.